The van der Waals surface area contributed by atoms with Crippen molar-refractivity contribution < 1.29 is 4.79 Å². The maximum absolute atomic E-state index is 12.0. The van der Waals surface area contributed by atoms with Crippen LogP contribution in [0.1, 0.15) is 42.4 Å². The predicted molar refractivity (Wildman–Crippen MR) is 73.7 cm³/mol. The van der Waals surface area contributed by atoms with Crippen molar-refractivity contribution >= 4 is 5.91 Å². The topological polar surface area (TPSA) is 32.3 Å². The van der Waals surface area contributed by atoms with Crippen LogP contribution in [0.4, 0.5) is 0 Å². The Bertz CT molecular complexity index is 540. The molecule has 1 N–H and O–H groups in total. The van der Waals surface area contributed by atoms with Crippen molar-refractivity contribution in [2.75, 3.05) is 13.1 Å². The van der Waals surface area contributed by atoms with Gasteiger partial charge in [0, 0.05) is 19.5 Å². The Hall–Kier alpha value is -1.35. The number of hydrogen-bond acceptors (Lipinski definition) is 2. The van der Waals surface area contributed by atoms with E-state index >= 15 is 0 Å². The molecule has 0 saturated carbocycles. The van der Waals surface area contributed by atoms with E-state index < -0.39 is 0 Å². The van der Waals surface area contributed by atoms with Gasteiger partial charge in [-0.15, -0.1) is 0 Å². The zero-order chi connectivity index (χ0) is 12.9. The smallest absolute Gasteiger partial charge is 0.224 e. The van der Waals surface area contributed by atoms with E-state index in [2.05, 4.69) is 28.4 Å². The molecule has 2 fully saturated rings. The number of amides is 1. The molecule has 1 aromatic carbocycles. The van der Waals surface area contributed by atoms with Gasteiger partial charge in [0.1, 0.15) is 5.66 Å². The SMILES string of the molecule is O=C1CCC2(c3ccc4c(c3)CCCC4)NCCN12. The van der Waals surface area contributed by atoms with Gasteiger partial charge in [0.15, 0.2) is 0 Å². The molecule has 2 saturated heterocycles. The molecular formula is C16H20N2O. The van der Waals surface area contributed by atoms with Gasteiger partial charge in [-0.3, -0.25) is 10.1 Å². The number of nitrogens with zero attached hydrogens (tertiary/aromatic N) is 1. The van der Waals surface area contributed by atoms with E-state index in [9.17, 15) is 4.79 Å². The third kappa shape index (κ3) is 1.57. The van der Waals surface area contributed by atoms with Crippen LogP contribution in [0.5, 0.6) is 0 Å². The number of carbonyl (C=O) groups excluding carboxylic acids is 1. The summed E-state index contributed by atoms with van der Waals surface area (Å²) < 4.78 is 0. The molecule has 3 aliphatic rings. The highest BCUT2D eigenvalue weighted by molar-refractivity contribution is 5.80. The molecule has 3 heteroatoms. The summed E-state index contributed by atoms with van der Waals surface area (Å²) in [6.07, 6.45) is 6.65. The molecule has 1 unspecified atom stereocenters. The van der Waals surface area contributed by atoms with Crippen LogP contribution in [-0.4, -0.2) is 23.9 Å². The molecule has 2 aliphatic heterocycles. The van der Waals surface area contributed by atoms with Crippen molar-refractivity contribution in [2.24, 2.45) is 0 Å². The van der Waals surface area contributed by atoms with Crippen LogP contribution in [0.15, 0.2) is 18.2 Å². The maximum Gasteiger partial charge on any atom is 0.224 e. The van der Waals surface area contributed by atoms with Crippen molar-refractivity contribution in [3.8, 4) is 0 Å². The van der Waals surface area contributed by atoms with Crippen molar-refractivity contribution in [1.29, 1.82) is 0 Å². The zero-order valence-electron chi connectivity index (χ0n) is 11.2. The summed E-state index contributed by atoms with van der Waals surface area (Å²) in [4.78, 5) is 14.1. The largest absolute Gasteiger partial charge is 0.319 e. The van der Waals surface area contributed by atoms with Crippen LogP contribution < -0.4 is 5.32 Å². The van der Waals surface area contributed by atoms with Crippen molar-refractivity contribution in [1.82, 2.24) is 10.2 Å². The molecule has 4 rings (SSSR count). The highest BCUT2D eigenvalue weighted by Gasteiger charge is 2.49. The third-order valence-corrected chi connectivity index (χ3v) is 5.04. The highest BCUT2D eigenvalue weighted by Crippen LogP contribution is 2.40. The number of carbonyl (C=O) groups is 1. The van der Waals surface area contributed by atoms with Gasteiger partial charge in [-0.2, -0.15) is 0 Å². The summed E-state index contributed by atoms with van der Waals surface area (Å²) in [7, 11) is 0. The second kappa shape index (κ2) is 4.07. The molecule has 0 radical (unpaired) electrons. The van der Waals surface area contributed by atoms with Crippen molar-refractivity contribution in [2.45, 2.75) is 44.2 Å². The summed E-state index contributed by atoms with van der Waals surface area (Å²) in [6.45, 7) is 1.78. The Morgan fingerprint density at radius 2 is 1.95 bits per heavy atom. The summed E-state index contributed by atoms with van der Waals surface area (Å²) >= 11 is 0. The molecule has 0 spiro atoms. The normalized spacial score (nSPS) is 29.5. The first kappa shape index (κ1) is 11.5. The lowest BCUT2D eigenvalue weighted by molar-refractivity contribution is -0.130. The molecule has 1 aromatic rings. The number of benzene rings is 1. The van der Waals surface area contributed by atoms with E-state index in [0.29, 0.717) is 12.3 Å². The molecule has 100 valence electrons. The summed E-state index contributed by atoms with van der Waals surface area (Å²) in [5.74, 6) is 0.308. The highest BCUT2D eigenvalue weighted by atomic mass is 16.2. The Kier molecular flexibility index (Phi) is 2.46. The van der Waals surface area contributed by atoms with Crippen molar-refractivity contribution in [3.63, 3.8) is 0 Å². The number of rotatable bonds is 1. The maximum atomic E-state index is 12.0. The van der Waals surface area contributed by atoms with Gasteiger partial charge in [-0.1, -0.05) is 18.2 Å². The molecule has 2 heterocycles. The molecule has 19 heavy (non-hydrogen) atoms. The van der Waals surface area contributed by atoms with E-state index in [0.717, 1.165) is 19.5 Å². The van der Waals surface area contributed by atoms with Crippen LogP contribution in [0.25, 0.3) is 0 Å². The van der Waals surface area contributed by atoms with Crippen LogP contribution >= 0.6 is 0 Å². The molecule has 1 aliphatic carbocycles. The lowest BCUT2D eigenvalue weighted by atomic mass is 9.87. The van der Waals surface area contributed by atoms with E-state index in [1.807, 2.05) is 0 Å². The first-order chi connectivity index (χ1) is 9.29. The first-order valence-corrected chi connectivity index (χ1v) is 7.47. The number of fused-ring (bicyclic) bond motifs is 2. The van der Waals surface area contributed by atoms with Gasteiger partial charge < -0.3 is 4.90 Å². The number of hydrogen-bond donors (Lipinski definition) is 1. The monoisotopic (exact) mass is 256 g/mol. The second-order valence-corrected chi connectivity index (χ2v) is 6.02. The Balaban J connectivity index is 1.77. The Morgan fingerprint density at radius 1 is 1.11 bits per heavy atom. The molecule has 1 atom stereocenters. The fourth-order valence-corrected chi connectivity index (χ4v) is 4.04. The van der Waals surface area contributed by atoms with Gasteiger partial charge in [0.2, 0.25) is 5.91 Å². The lowest BCUT2D eigenvalue weighted by Crippen LogP contribution is -2.45. The average molecular weight is 256 g/mol. The fourth-order valence-electron chi connectivity index (χ4n) is 4.04. The Labute approximate surface area is 114 Å². The minimum Gasteiger partial charge on any atom is -0.319 e. The van der Waals surface area contributed by atoms with Gasteiger partial charge in [0.25, 0.3) is 0 Å². The number of nitrogens with one attached hydrogen (secondary N) is 1. The molecular weight excluding hydrogens is 236 g/mol. The van der Waals surface area contributed by atoms with Crippen molar-refractivity contribution in [3.05, 3.63) is 34.9 Å². The molecule has 3 nitrogen and oxygen atoms in total. The summed E-state index contributed by atoms with van der Waals surface area (Å²) in [5.41, 5.74) is 4.13. The average Bonchev–Trinajstić information content (AvgIpc) is 3.01. The first-order valence-electron chi connectivity index (χ1n) is 7.47. The van der Waals surface area contributed by atoms with Crippen LogP contribution in [0, 0.1) is 0 Å². The lowest BCUT2D eigenvalue weighted by Gasteiger charge is -2.33. The second-order valence-electron chi connectivity index (χ2n) is 6.02. The standard InChI is InChI=1S/C16H20N2O/c19-15-7-8-16(17-9-10-18(15)16)14-6-5-12-3-1-2-4-13(12)11-14/h5-6,11,17H,1-4,7-10H2. The fraction of sp³-hybridized carbons (Fsp3) is 0.562. The van der Waals surface area contributed by atoms with Gasteiger partial charge in [0.05, 0.1) is 0 Å². The van der Waals surface area contributed by atoms with E-state index in [4.69, 9.17) is 0 Å². The number of aryl methyl sites for hydroxylation is 2. The van der Waals surface area contributed by atoms with Gasteiger partial charge in [-0.25, -0.2) is 0 Å². The Morgan fingerprint density at radius 3 is 2.84 bits per heavy atom. The van der Waals surface area contributed by atoms with Gasteiger partial charge in [-0.05, 0) is 48.8 Å². The van der Waals surface area contributed by atoms with Crippen LogP contribution in [0.2, 0.25) is 0 Å². The molecule has 0 bridgehead atoms. The van der Waals surface area contributed by atoms with Gasteiger partial charge >= 0.3 is 0 Å². The molecule has 0 aromatic heterocycles. The third-order valence-electron chi connectivity index (χ3n) is 5.04. The van der Waals surface area contributed by atoms with Crippen LogP contribution in [-0.2, 0) is 23.3 Å². The van der Waals surface area contributed by atoms with E-state index in [-0.39, 0.29) is 5.66 Å². The van der Waals surface area contributed by atoms with Crippen LogP contribution in [0.3, 0.4) is 0 Å². The quantitative estimate of drug-likeness (QED) is 0.833. The minimum atomic E-state index is -0.191. The van der Waals surface area contributed by atoms with E-state index in [1.165, 1.54) is 42.4 Å². The minimum absolute atomic E-state index is 0.191. The summed E-state index contributed by atoms with van der Waals surface area (Å²) in [5, 5.41) is 3.59. The molecule has 1 amide bonds. The predicted octanol–water partition coefficient (Wildman–Crippen LogP) is 1.94. The summed E-state index contributed by atoms with van der Waals surface area (Å²) in [6, 6.07) is 6.89. The van der Waals surface area contributed by atoms with E-state index in [1.54, 1.807) is 0 Å². The zero-order valence-corrected chi connectivity index (χ0v) is 11.2.